The van der Waals surface area contributed by atoms with Gasteiger partial charge in [0.15, 0.2) is 0 Å². The predicted octanol–water partition coefficient (Wildman–Crippen LogP) is 0.784. The van der Waals surface area contributed by atoms with Gasteiger partial charge in [-0.25, -0.2) is 9.97 Å². The molecule has 0 aliphatic rings. The normalized spacial score (nSPS) is 9.50. The fourth-order valence-electron chi connectivity index (χ4n) is 0.877. The van der Waals surface area contributed by atoms with Gasteiger partial charge in [-0.3, -0.25) is 4.79 Å². The van der Waals surface area contributed by atoms with E-state index in [0.29, 0.717) is 5.69 Å². The highest BCUT2D eigenvalue weighted by Gasteiger charge is 2.03. The molecule has 0 saturated carbocycles. The smallest absolute Gasteiger partial charge is 0.224 e. The van der Waals surface area contributed by atoms with Gasteiger partial charge in [0.2, 0.25) is 5.91 Å². The summed E-state index contributed by atoms with van der Waals surface area (Å²) in [6.07, 6.45) is 4.84. The number of aromatic nitrogens is 2. The summed E-state index contributed by atoms with van der Waals surface area (Å²) in [5.41, 5.74) is 0.543. The summed E-state index contributed by atoms with van der Waals surface area (Å²) in [5, 5.41) is 2.58. The van der Waals surface area contributed by atoms with Gasteiger partial charge in [0.1, 0.15) is 12.1 Å². The second-order valence-corrected chi connectivity index (χ2v) is 2.88. The first-order valence-corrected chi connectivity index (χ1v) is 4.23. The zero-order chi connectivity index (χ0) is 10.4. The van der Waals surface area contributed by atoms with Crippen LogP contribution in [0.4, 0.5) is 5.69 Å². The monoisotopic (exact) mass is 193 g/mol. The average molecular weight is 193 g/mol. The number of hydrogen-bond donors (Lipinski definition) is 1. The fourth-order valence-corrected chi connectivity index (χ4v) is 0.877. The average Bonchev–Trinajstić information content (AvgIpc) is 2.16. The molecule has 5 heteroatoms. The van der Waals surface area contributed by atoms with E-state index in [-0.39, 0.29) is 24.5 Å². The van der Waals surface area contributed by atoms with Gasteiger partial charge in [-0.15, -0.1) is 0 Å². The van der Waals surface area contributed by atoms with Gasteiger partial charge < -0.3 is 10.1 Å². The number of carbonyl (C=O) groups is 2. The van der Waals surface area contributed by atoms with E-state index in [1.54, 1.807) is 0 Å². The van der Waals surface area contributed by atoms with Crippen molar-refractivity contribution in [3.8, 4) is 0 Å². The summed E-state index contributed by atoms with van der Waals surface area (Å²) in [6, 6.07) is 0. The van der Waals surface area contributed by atoms with Gasteiger partial charge in [0, 0.05) is 12.8 Å². The zero-order valence-corrected chi connectivity index (χ0v) is 7.86. The van der Waals surface area contributed by atoms with E-state index >= 15 is 0 Å². The number of rotatable bonds is 4. The van der Waals surface area contributed by atoms with Crippen LogP contribution in [-0.2, 0) is 9.59 Å². The summed E-state index contributed by atoms with van der Waals surface area (Å²) >= 11 is 0. The van der Waals surface area contributed by atoms with Crippen molar-refractivity contribution in [1.82, 2.24) is 9.97 Å². The second-order valence-electron chi connectivity index (χ2n) is 2.88. The highest BCUT2D eigenvalue weighted by atomic mass is 16.2. The van der Waals surface area contributed by atoms with Crippen LogP contribution in [-0.4, -0.2) is 21.7 Å². The number of Topliss-reactive ketones (excluding diaryl/α,β-unsaturated/α-hetero) is 1. The lowest BCUT2D eigenvalue weighted by Crippen LogP contribution is -2.12. The topological polar surface area (TPSA) is 72.0 Å². The minimum Gasteiger partial charge on any atom is -0.323 e. The molecule has 0 radical (unpaired) electrons. The molecule has 1 rings (SSSR count). The Balaban J connectivity index is 2.38. The molecule has 1 heterocycles. The van der Waals surface area contributed by atoms with Crippen LogP contribution in [0.5, 0.6) is 0 Å². The summed E-state index contributed by atoms with van der Waals surface area (Å²) in [6.45, 7) is 1.46. The molecular weight excluding hydrogens is 182 g/mol. The van der Waals surface area contributed by atoms with E-state index in [0.717, 1.165) is 0 Å². The van der Waals surface area contributed by atoms with E-state index in [1.165, 1.54) is 25.6 Å². The third kappa shape index (κ3) is 3.75. The van der Waals surface area contributed by atoms with Crippen molar-refractivity contribution in [2.75, 3.05) is 5.32 Å². The molecule has 1 N–H and O–H groups in total. The Morgan fingerprint density at radius 2 is 1.93 bits per heavy atom. The van der Waals surface area contributed by atoms with Crippen molar-refractivity contribution >= 4 is 17.4 Å². The van der Waals surface area contributed by atoms with Gasteiger partial charge >= 0.3 is 0 Å². The SMILES string of the molecule is CC(=O)CCC(=O)Nc1cncnc1. The lowest BCUT2D eigenvalue weighted by atomic mass is 10.2. The number of amides is 1. The summed E-state index contributed by atoms with van der Waals surface area (Å²) in [4.78, 5) is 29.3. The Morgan fingerprint density at radius 1 is 1.29 bits per heavy atom. The number of nitrogens with zero attached hydrogens (tertiary/aromatic N) is 2. The molecule has 0 fully saturated rings. The van der Waals surface area contributed by atoms with Crippen LogP contribution in [0, 0.1) is 0 Å². The quantitative estimate of drug-likeness (QED) is 0.767. The zero-order valence-electron chi connectivity index (χ0n) is 7.86. The Bertz CT molecular complexity index is 324. The number of hydrogen-bond acceptors (Lipinski definition) is 4. The van der Waals surface area contributed by atoms with Gasteiger partial charge in [-0.1, -0.05) is 0 Å². The van der Waals surface area contributed by atoms with Gasteiger partial charge in [-0.05, 0) is 6.92 Å². The van der Waals surface area contributed by atoms with E-state index in [9.17, 15) is 9.59 Å². The molecule has 1 amide bonds. The summed E-state index contributed by atoms with van der Waals surface area (Å²) < 4.78 is 0. The molecule has 0 aromatic carbocycles. The van der Waals surface area contributed by atoms with Crippen LogP contribution in [0.15, 0.2) is 18.7 Å². The Morgan fingerprint density at radius 3 is 2.50 bits per heavy atom. The number of nitrogens with one attached hydrogen (secondary N) is 1. The summed E-state index contributed by atoms with van der Waals surface area (Å²) in [7, 11) is 0. The molecule has 1 aromatic heterocycles. The third-order valence-corrected chi connectivity index (χ3v) is 1.55. The van der Waals surface area contributed by atoms with Crippen LogP contribution < -0.4 is 5.32 Å². The van der Waals surface area contributed by atoms with E-state index in [1.807, 2.05) is 0 Å². The van der Waals surface area contributed by atoms with Gasteiger partial charge in [0.05, 0.1) is 18.1 Å². The Kier molecular flexibility index (Phi) is 3.72. The maximum atomic E-state index is 11.2. The van der Waals surface area contributed by atoms with Crippen LogP contribution in [0.2, 0.25) is 0 Å². The first kappa shape index (κ1) is 10.3. The molecule has 14 heavy (non-hydrogen) atoms. The molecular formula is C9H11N3O2. The predicted molar refractivity (Wildman–Crippen MR) is 50.6 cm³/mol. The maximum absolute atomic E-state index is 11.2. The maximum Gasteiger partial charge on any atom is 0.224 e. The molecule has 0 aliphatic carbocycles. The van der Waals surface area contributed by atoms with Crippen molar-refractivity contribution in [1.29, 1.82) is 0 Å². The number of ketones is 1. The van der Waals surface area contributed by atoms with E-state index < -0.39 is 0 Å². The van der Waals surface area contributed by atoms with Crippen molar-refractivity contribution in [3.63, 3.8) is 0 Å². The minimum absolute atomic E-state index is 0.00413. The molecule has 0 saturated heterocycles. The standard InChI is InChI=1S/C9H11N3O2/c1-7(13)2-3-9(14)12-8-4-10-6-11-5-8/h4-6H,2-3H2,1H3,(H,12,14). The minimum atomic E-state index is -0.199. The second kappa shape index (κ2) is 5.06. The molecule has 1 aromatic rings. The molecule has 0 aliphatic heterocycles. The van der Waals surface area contributed by atoms with Gasteiger partial charge in [0.25, 0.3) is 0 Å². The highest BCUT2D eigenvalue weighted by molar-refractivity contribution is 5.92. The number of carbonyl (C=O) groups excluding carboxylic acids is 2. The Labute approximate surface area is 81.6 Å². The lowest BCUT2D eigenvalue weighted by Gasteiger charge is -2.01. The summed E-state index contributed by atoms with van der Waals surface area (Å²) in [5.74, 6) is -0.195. The third-order valence-electron chi connectivity index (χ3n) is 1.55. The molecule has 5 nitrogen and oxygen atoms in total. The number of anilines is 1. The molecule has 0 spiro atoms. The fraction of sp³-hybridized carbons (Fsp3) is 0.333. The van der Waals surface area contributed by atoms with Crippen LogP contribution >= 0.6 is 0 Å². The van der Waals surface area contributed by atoms with Gasteiger partial charge in [-0.2, -0.15) is 0 Å². The highest BCUT2D eigenvalue weighted by Crippen LogP contribution is 2.02. The molecule has 0 atom stereocenters. The molecule has 74 valence electrons. The van der Waals surface area contributed by atoms with Crippen molar-refractivity contribution in [2.24, 2.45) is 0 Å². The van der Waals surface area contributed by atoms with Crippen LogP contribution in [0.1, 0.15) is 19.8 Å². The van der Waals surface area contributed by atoms with Crippen LogP contribution in [0.3, 0.4) is 0 Å². The van der Waals surface area contributed by atoms with Crippen LogP contribution in [0.25, 0.3) is 0 Å². The largest absolute Gasteiger partial charge is 0.323 e. The first-order valence-electron chi connectivity index (χ1n) is 4.23. The Hall–Kier alpha value is -1.78. The first-order chi connectivity index (χ1) is 6.68. The van der Waals surface area contributed by atoms with Crippen molar-refractivity contribution in [3.05, 3.63) is 18.7 Å². The van der Waals surface area contributed by atoms with E-state index in [4.69, 9.17) is 0 Å². The van der Waals surface area contributed by atoms with Crippen molar-refractivity contribution in [2.45, 2.75) is 19.8 Å². The molecule has 0 bridgehead atoms. The lowest BCUT2D eigenvalue weighted by molar-refractivity contribution is -0.121. The van der Waals surface area contributed by atoms with Crippen molar-refractivity contribution < 1.29 is 9.59 Å². The van der Waals surface area contributed by atoms with E-state index in [2.05, 4.69) is 15.3 Å². The molecule has 0 unspecified atom stereocenters.